The highest BCUT2D eigenvalue weighted by atomic mass is 16.5. The molecule has 0 atom stereocenters. The van der Waals surface area contributed by atoms with E-state index in [4.69, 9.17) is 14.2 Å². The molecule has 0 aliphatic rings. The molecule has 0 spiro atoms. The molecule has 2 rings (SSSR count). The summed E-state index contributed by atoms with van der Waals surface area (Å²) in [6.07, 6.45) is 1.39. The Labute approximate surface area is 169 Å². The zero-order chi connectivity index (χ0) is 21.6. The van der Waals surface area contributed by atoms with Crippen molar-refractivity contribution in [3.63, 3.8) is 0 Å². The number of nitrogens with one attached hydrogen (secondary N) is 1. The van der Waals surface area contributed by atoms with Gasteiger partial charge in [-0.05, 0) is 35.9 Å². The molecule has 0 saturated carbocycles. The molecule has 0 unspecified atom stereocenters. The molecule has 0 bridgehead atoms. The van der Waals surface area contributed by atoms with Crippen LogP contribution in [0.2, 0.25) is 0 Å². The van der Waals surface area contributed by atoms with Crippen LogP contribution in [-0.2, 0) is 4.79 Å². The van der Waals surface area contributed by atoms with Crippen LogP contribution in [-0.4, -0.2) is 52.4 Å². The van der Waals surface area contributed by atoms with Crippen molar-refractivity contribution in [2.45, 2.75) is 0 Å². The van der Waals surface area contributed by atoms with Crippen molar-refractivity contribution < 1.29 is 28.9 Å². The van der Waals surface area contributed by atoms with Crippen LogP contribution < -0.4 is 24.4 Å². The summed E-state index contributed by atoms with van der Waals surface area (Å²) in [6.45, 7) is 0. The molecule has 0 heterocycles. The van der Waals surface area contributed by atoms with Gasteiger partial charge in [-0.2, -0.15) is 0 Å². The number of anilines is 1. The summed E-state index contributed by atoms with van der Waals surface area (Å²) >= 11 is 0. The maximum atomic E-state index is 12.7. The lowest BCUT2D eigenvalue weighted by molar-refractivity contribution is -0.132. The molecule has 2 aromatic carbocycles. The molecule has 0 fully saturated rings. The molecule has 8 nitrogen and oxygen atoms in total. The summed E-state index contributed by atoms with van der Waals surface area (Å²) < 4.78 is 15.7. The van der Waals surface area contributed by atoms with Crippen LogP contribution in [0.4, 0.5) is 5.69 Å². The summed E-state index contributed by atoms with van der Waals surface area (Å²) in [6, 6.07) is 10.1. The Hall–Kier alpha value is -3.68. The van der Waals surface area contributed by atoms with E-state index in [0.29, 0.717) is 11.3 Å². The van der Waals surface area contributed by atoms with Gasteiger partial charge in [0.2, 0.25) is 5.75 Å². The van der Waals surface area contributed by atoms with Crippen molar-refractivity contribution >= 4 is 23.6 Å². The molecule has 2 N–H and O–H groups in total. The third-order valence-corrected chi connectivity index (χ3v) is 4.13. The first-order valence-electron chi connectivity index (χ1n) is 8.64. The minimum Gasteiger partial charge on any atom is -0.493 e. The fourth-order valence-corrected chi connectivity index (χ4v) is 2.59. The zero-order valence-corrected chi connectivity index (χ0v) is 17.0. The van der Waals surface area contributed by atoms with Gasteiger partial charge >= 0.3 is 5.97 Å². The van der Waals surface area contributed by atoms with Crippen molar-refractivity contribution in [3.8, 4) is 17.2 Å². The number of carboxylic acid groups (broad SMARTS) is 1. The number of aliphatic carboxylic acids is 1. The van der Waals surface area contributed by atoms with Crippen LogP contribution in [0.5, 0.6) is 17.2 Å². The molecule has 0 aliphatic heterocycles. The fraction of sp³-hybridized carbons (Fsp3) is 0.238. The summed E-state index contributed by atoms with van der Waals surface area (Å²) in [5.41, 5.74) is 1.51. The highest BCUT2D eigenvalue weighted by Gasteiger charge is 2.19. The predicted octanol–water partition coefficient (Wildman–Crippen LogP) is 2.63. The lowest BCUT2D eigenvalue weighted by Gasteiger charge is -2.14. The minimum absolute atomic E-state index is 0.162. The number of benzene rings is 2. The summed E-state index contributed by atoms with van der Waals surface area (Å²) in [5, 5.41) is 11.9. The number of carboxylic acids is 1. The molecule has 29 heavy (non-hydrogen) atoms. The van der Waals surface area contributed by atoms with Crippen LogP contribution in [0.25, 0.3) is 6.08 Å². The number of ether oxygens (including phenoxy) is 3. The van der Waals surface area contributed by atoms with E-state index in [1.165, 1.54) is 39.5 Å². The third kappa shape index (κ3) is 5.19. The van der Waals surface area contributed by atoms with Gasteiger partial charge in [0.05, 0.1) is 21.3 Å². The van der Waals surface area contributed by atoms with E-state index in [9.17, 15) is 14.7 Å². The lowest BCUT2D eigenvalue weighted by Crippen LogP contribution is -2.27. The molecular formula is C21H24N2O6. The van der Waals surface area contributed by atoms with Gasteiger partial charge in [-0.1, -0.05) is 12.1 Å². The van der Waals surface area contributed by atoms with Gasteiger partial charge in [0.15, 0.2) is 11.5 Å². The quantitative estimate of drug-likeness (QED) is 0.658. The molecule has 0 aromatic heterocycles. The van der Waals surface area contributed by atoms with E-state index >= 15 is 0 Å². The fourth-order valence-electron chi connectivity index (χ4n) is 2.59. The molecular weight excluding hydrogens is 376 g/mol. The maximum Gasteiger partial charge on any atom is 0.352 e. The highest BCUT2D eigenvalue weighted by molar-refractivity contribution is 6.03. The molecule has 1 amide bonds. The maximum absolute atomic E-state index is 12.7. The van der Waals surface area contributed by atoms with E-state index in [-0.39, 0.29) is 22.8 Å². The molecule has 2 aromatic rings. The average Bonchev–Trinajstić information content (AvgIpc) is 2.72. The Bertz CT molecular complexity index is 894. The second kappa shape index (κ2) is 9.50. The number of rotatable bonds is 8. The van der Waals surface area contributed by atoms with Gasteiger partial charge in [-0.3, -0.25) is 4.79 Å². The highest BCUT2D eigenvalue weighted by Crippen LogP contribution is 2.38. The van der Waals surface area contributed by atoms with Crippen LogP contribution >= 0.6 is 0 Å². The number of methoxy groups -OCH3 is 3. The van der Waals surface area contributed by atoms with Gasteiger partial charge in [-0.15, -0.1) is 0 Å². The second-order valence-electron chi connectivity index (χ2n) is 6.22. The molecule has 0 aliphatic carbocycles. The Kier molecular flexibility index (Phi) is 7.08. The first kappa shape index (κ1) is 21.6. The van der Waals surface area contributed by atoms with Gasteiger partial charge < -0.3 is 29.5 Å². The van der Waals surface area contributed by atoms with Gasteiger partial charge in [0.1, 0.15) is 5.70 Å². The Morgan fingerprint density at radius 3 is 1.93 bits per heavy atom. The van der Waals surface area contributed by atoms with E-state index in [1.807, 2.05) is 31.1 Å². The largest absolute Gasteiger partial charge is 0.493 e. The van der Waals surface area contributed by atoms with Gasteiger partial charge in [-0.25, -0.2) is 4.79 Å². The van der Waals surface area contributed by atoms with E-state index < -0.39 is 11.9 Å². The summed E-state index contributed by atoms with van der Waals surface area (Å²) in [7, 11) is 8.13. The third-order valence-electron chi connectivity index (χ3n) is 4.13. The first-order chi connectivity index (χ1) is 13.8. The van der Waals surface area contributed by atoms with Crippen LogP contribution in [0.1, 0.15) is 15.9 Å². The number of amides is 1. The van der Waals surface area contributed by atoms with Crippen molar-refractivity contribution in [2.24, 2.45) is 0 Å². The predicted molar refractivity (Wildman–Crippen MR) is 110 cm³/mol. The standard InChI is InChI=1S/C21H24N2O6/c1-23(2)15-8-6-13(7-9-15)10-16(21(25)26)22-20(24)14-11-17(27-3)19(29-5)18(12-14)28-4/h6-12H,1-5H3,(H,22,24)(H,25,26)/b16-10-. The number of carbonyl (C=O) groups is 2. The van der Waals surface area contributed by atoms with Crippen LogP contribution in [0.3, 0.4) is 0 Å². The van der Waals surface area contributed by atoms with E-state index in [2.05, 4.69) is 5.32 Å². The number of carbonyl (C=O) groups excluding carboxylic acids is 1. The molecule has 0 saturated heterocycles. The molecule has 0 radical (unpaired) electrons. The van der Waals surface area contributed by atoms with Crippen LogP contribution in [0.15, 0.2) is 42.1 Å². The van der Waals surface area contributed by atoms with Crippen molar-refractivity contribution in [3.05, 3.63) is 53.2 Å². The first-order valence-corrected chi connectivity index (χ1v) is 8.64. The number of nitrogens with zero attached hydrogens (tertiary/aromatic N) is 1. The zero-order valence-electron chi connectivity index (χ0n) is 17.0. The summed E-state index contributed by atoms with van der Waals surface area (Å²) in [4.78, 5) is 26.2. The Balaban J connectivity index is 2.33. The van der Waals surface area contributed by atoms with Gasteiger partial charge in [0, 0.05) is 25.3 Å². The van der Waals surface area contributed by atoms with E-state index in [1.54, 1.807) is 12.1 Å². The number of hydrogen-bond acceptors (Lipinski definition) is 6. The average molecular weight is 400 g/mol. The SMILES string of the molecule is COc1cc(C(=O)N/C(=C\c2ccc(N(C)C)cc2)C(=O)O)cc(OC)c1OC. The second-order valence-corrected chi connectivity index (χ2v) is 6.22. The smallest absolute Gasteiger partial charge is 0.352 e. The number of hydrogen-bond donors (Lipinski definition) is 2. The van der Waals surface area contributed by atoms with Crippen LogP contribution in [0, 0.1) is 0 Å². The normalized spacial score (nSPS) is 10.9. The van der Waals surface area contributed by atoms with Crippen molar-refractivity contribution in [1.29, 1.82) is 0 Å². The van der Waals surface area contributed by atoms with Gasteiger partial charge in [0.25, 0.3) is 5.91 Å². The minimum atomic E-state index is -1.26. The summed E-state index contributed by atoms with van der Waals surface area (Å²) in [5.74, 6) is -0.971. The topological polar surface area (TPSA) is 97.3 Å². The van der Waals surface area contributed by atoms with Crippen molar-refractivity contribution in [2.75, 3.05) is 40.3 Å². The molecule has 154 valence electrons. The Morgan fingerprint density at radius 2 is 1.52 bits per heavy atom. The molecule has 8 heteroatoms. The monoisotopic (exact) mass is 400 g/mol. The Morgan fingerprint density at radius 1 is 0.966 bits per heavy atom. The van der Waals surface area contributed by atoms with E-state index in [0.717, 1.165) is 5.69 Å². The van der Waals surface area contributed by atoms with Crippen molar-refractivity contribution in [1.82, 2.24) is 5.32 Å². The lowest BCUT2D eigenvalue weighted by atomic mass is 10.1.